The van der Waals surface area contributed by atoms with Crippen LogP contribution < -0.4 is 14.8 Å². The summed E-state index contributed by atoms with van der Waals surface area (Å²) in [6.45, 7) is 1.91. The van der Waals surface area contributed by atoms with Gasteiger partial charge in [-0.05, 0) is 43.0 Å². The van der Waals surface area contributed by atoms with E-state index in [-0.39, 0.29) is 30.6 Å². The van der Waals surface area contributed by atoms with Gasteiger partial charge in [0.15, 0.2) is 5.78 Å². The van der Waals surface area contributed by atoms with E-state index in [1.54, 1.807) is 39.3 Å². The first-order valence-electron chi connectivity index (χ1n) is 10.5. The molecule has 0 fully saturated rings. The number of hydrogen-bond donors (Lipinski definition) is 1. The van der Waals surface area contributed by atoms with Crippen molar-refractivity contribution < 1.29 is 28.6 Å². The molecule has 0 bridgehead atoms. The number of rotatable bonds is 6. The number of Topliss-reactive ketones (excluding diaryl/α,β-unsaturated/α-hetero) is 1. The number of amides is 1. The van der Waals surface area contributed by atoms with E-state index in [9.17, 15) is 14.4 Å². The van der Waals surface area contributed by atoms with Gasteiger partial charge in [-0.25, -0.2) is 0 Å². The van der Waals surface area contributed by atoms with Gasteiger partial charge in [0.05, 0.1) is 20.8 Å². The van der Waals surface area contributed by atoms with Crippen molar-refractivity contribution in [2.75, 3.05) is 20.8 Å². The number of ether oxygens (including phenoxy) is 3. The molecule has 1 aliphatic carbocycles. The minimum atomic E-state index is -0.957. The van der Waals surface area contributed by atoms with Crippen molar-refractivity contribution in [3.63, 3.8) is 0 Å². The number of esters is 1. The van der Waals surface area contributed by atoms with Crippen LogP contribution in [0, 0.1) is 5.92 Å². The Bertz CT molecular complexity index is 1070. The lowest BCUT2D eigenvalue weighted by Crippen LogP contribution is -2.44. The molecule has 0 saturated heterocycles. The van der Waals surface area contributed by atoms with Crippen molar-refractivity contribution in [1.82, 2.24) is 5.32 Å². The van der Waals surface area contributed by atoms with Crippen LogP contribution in [0.25, 0.3) is 0 Å². The number of hydrogen-bond acceptors (Lipinski definition) is 7. The zero-order valence-electron chi connectivity index (χ0n) is 18.2. The van der Waals surface area contributed by atoms with Crippen molar-refractivity contribution >= 4 is 29.0 Å². The maximum atomic E-state index is 13.8. The molecule has 3 atom stereocenters. The van der Waals surface area contributed by atoms with E-state index in [4.69, 9.17) is 14.2 Å². The van der Waals surface area contributed by atoms with E-state index >= 15 is 0 Å². The molecule has 0 unspecified atom stereocenters. The molecule has 1 aromatic carbocycles. The van der Waals surface area contributed by atoms with Crippen molar-refractivity contribution in [2.45, 2.75) is 31.6 Å². The highest BCUT2D eigenvalue weighted by Gasteiger charge is 2.48. The van der Waals surface area contributed by atoms with E-state index in [0.29, 0.717) is 34.8 Å². The van der Waals surface area contributed by atoms with Crippen LogP contribution in [0.2, 0.25) is 0 Å². The van der Waals surface area contributed by atoms with Gasteiger partial charge in [-0.2, -0.15) is 0 Å². The molecule has 7 nitrogen and oxygen atoms in total. The zero-order valence-corrected chi connectivity index (χ0v) is 19.0. The largest absolute Gasteiger partial charge is 0.497 e. The second kappa shape index (κ2) is 9.16. The van der Waals surface area contributed by atoms with Gasteiger partial charge in [0.1, 0.15) is 17.4 Å². The lowest BCUT2D eigenvalue weighted by atomic mass is 9.69. The van der Waals surface area contributed by atoms with Crippen LogP contribution in [-0.2, 0) is 19.1 Å². The molecule has 0 spiro atoms. The van der Waals surface area contributed by atoms with E-state index in [1.807, 2.05) is 17.5 Å². The van der Waals surface area contributed by atoms with E-state index in [2.05, 4.69) is 5.32 Å². The molecule has 2 aliphatic rings. The fourth-order valence-corrected chi connectivity index (χ4v) is 5.47. The predicted octanol–water partition coefficient (Wildman–Crippen LogP) is 3.56. The molecule has 2 aromatic rings. The van der Waals surface area contributed by atoms with Gasteiger partial charge in [-0.3, -0.25) is 14.4 Å². The second-order valence-electron chi connectivity index (χ2n) is 7.73. The van der Waals surface area contributed by atoms with E-state index in [0.717, 1.165) is 4.88 Å². The zero-order chi connectivity index (χ0) is 22.8. The normalized spacial score (nSPS) is 22.8. The smallest absolute Gasteiger partial charge is 0.317 e. The third kappa shape index (κ3) is 3.90. The number of nitrogens with one attached hydrogen (secondary N) is 1. The number of thiophene rings is 1. The van der Waals surface area contributed by atoms with Crippen LogP contribution in [0.5, 0.6) is 11.5 Å². The molecule has 32 heavy (non-hydrogen) atoms. The van der Waals surface area contributed by atoms with Crippen LogP contribution in [-0.4, -0.2) is 38.5 Å². The van der Waals surface area contributed by atoms with Crippen LogP contribution in [0.4, 0.5) is 0 Å². The van der Waals surface area contributed by atoms with Crippen LogP contribution in [0.1, 0.15) is 42.0 Å². The van der Waals surface area contributed by atoms with Gasteiger partial charge in [0.2, 0.25) is 5.91 Å². The molecule has 1 N–H and O–H groups in total. The van der Waals surface area contributed by atoms with Gasteiger partial charge in [0, 0.05) is 40.0 Å². The molecule has 8 heteroatoms. The number of carbonyl (C=O) groups is 3. The van der Waals surface area contributed by atoms with E-state index < -0.39 is 17.8 Å². The molecule has 168 valence electrons. The quantitative estimate of drug-likeness (QED) is 0.529. The molecular weight excluding hydrogens is 430 g/mol. The summed E-state index contributed by atoms with van der Waals surface area (Å²) in [5.41, 5.74) is 1.70. The second-order valence-corrected chi connectivity index (χ2v) is 8.70. The highest BCUT2D eigenvalue weighted by Crippen LogP contribution is 2.48. The Hall–Kier alpha value is -3.13. The molecule has 2 heterocycles. The predicted molar refractivity (Wildman–Crippen MR) is 119 cm³/mol. The third-order valence-electron chi connectivity index (χ3n) is 5.99. The van der Waals surface area contributed by atoms with E-state index in [1.165, 1.54) is 11.3 Å². The Kier molecular flexibility index (Phi) is 6.32. The topological polar surface area (TPSA) is 90.9 Å². The highest BCUT2D eigenvalue weighted by molar-refractivity contribution is 7.10. The van der Waals surface area contributed by atoms with Crippen LogP contribution >= 0.6 is 11.3 Å². The summed E-state index contributed by atoms with van der Waals surface area (Å²) in [6.07, 6.45) is 0.451. The summed E-state index contributed by atoms with van der Waals surface area (Å²) in [6, 6.07) is 9.10. The Morgan fingerprint density at radius 2 is 1.97 bits per heavy atom. The molecule has 0 radical (unpaired) electrons. The maximum absolute atomic E-state index is 13.8. The molecular formula is C24H25NO6S. The molecule has 0 saturated carbocycles. The number of carbonyl (C=O) groups excluding carboxylic acids is 3. The van der Waals surface area contributed by atoms with Crippen molar-refractivity contribution in [2.24, 2.45) is 5.92 Å². The standard InChI is InChI=1S/C24H25NO6S/c1-4-31-24(28)22-16(19-6-5-9-32-19)11-17-21(23(22)27)15(12-20(26)25-17)14-10-13(29-2)7-8-18(14)30-3/h5-10,15-16,22H,4,11-12H2,1-3H3,(H,25,26)/t15-,16-,22+/m0/s1. The number of methoxy groups -OCH3 is 2. The van der Waals surface area contributed by atoms with Crippen LogP contribution in [0.15, 0.2) is 47.0 Å². The Morgan fingerprint density at radius 1 is 1.16 bits per heavy atom. The number of benzene rings is 1. The van der Waals surface area contributed by atoms with Gasteiger partial charge in [0.25, 0.3) is 0 Å². The van der Waals surface area contributed by atoms with Crippen molar-refractivity contribution in [1.29, 1.82) is 0 Å². The first kappa shape index (κ1) is 22.1. The van der Waals surface area contributed by atoms with Crippen molar-refractivity contribution in [3.8, 4) is 11.5 Å². The molecule has 1 aromatic heterocycles. The maximum Gasteiger partial charge on any atom is 0.317 e. The Labute approximate surface area is 190 Å². The fraction of sp³-hybridized carbons (Fsp3) is 0.375. The summed E-state index contributed by atoms with van der Waals surface area (Å²) >= 11 is 1.49. The molecule has 4 rings (SSSR count). The molecule has 1 aliphatic heterocycles. The summed E-state index contributed by atoms with van der Waals surface area (Å²) in [5, 5.41) is 4.81. The summed E-state index contributed by atoms with van der Waals surface area (Å²) in [4.78, 5) is 40.3. The minimum Gasteiger partial charge on any atom is -0.497 e. The van der Waals surface area contributed by atoms with Gasteiger partial charge >= 0.3 is 5.97 Å². The Balaban J connectivity index is 1.85. The average molecular weight is 456 g/mol. The molecule has 1 amide bonds. The summed E-state index contributed by atoms with van der Waals surface area (Å²) in [5.74, 6) is -1.75. The SMILES string of the molecule is CCOC(=O)[C@H]1C(=O)C2=C(C[C@H]1c1cccs1)NC(=O)C[C@H]2c1cc(OC)ccc1OC. The highest BCUT2D eigenvalue weighted by atomic mass is 32.1. The first-order valence-corrected chi connectivity index (χ1v) is 11.4. The lowest BCUT2D eigenvalue weighted by molar-refractivity contribution is -0.152. The monoisotopic (exact) mass is 455 g/mol. The van der Waals surface area contributed by atoms with Gasteiger partial charge in [-0.15, -0.1) is 11.3 Å². The fourth-order valence-electron chi connectivity index (χ4n) is 4.60. The first-order chi connectivity index (χ1) is 15.5. The number of allylic oxidation sites excluding steroid dienone is 2. The Morgan fingerprint density at radius 3 is 2.62 bits per heavy atom. The number of ketones is 1. The lowest BCUT2D eigenvalue weighted by Gasteiger charge is -2.37. The minimum absolute atomic E-state index is 0.0767. The van der Waals surface area contributed by atoms with Crippen LogP contribution in [0.3, 0.4) is 0 Å². The summed E-state index contributed by atoms with van der Waals surface area (Å²) < 4.78 is 16.2. The van der Waals surface area contributed by atoms with Gasteiger partial charge in [-0.1, -0.05) is 6.07 Å². The third-order valence-corrected chi connectivity index (χ3v) is 6.99. The van der Waals surface area contributed by atoms with Crippen molar-refractivity contribution in [3.05, 3.63) is 57.4 Å². The average Bonchev–Trinajstić information content (AvgIpc) is 3.32. The summed E-state index contributed by atoms with van der Waals surface area (Å²) in [7, 11) is 3.10. The van der Waals surface area contributed by atoms with Gasteiger partial charge < -0.3 is 19.5 Å².